The molecule has 1 unspecified atom stereocenters. The zero-order chi connectivity index (χ0) is 19.9. The highest BCUT2D eigenvalue weighted by Crippen LogP contribution is 2.45. The molecule has 2 aliphatic rings. The molecule has 146 valence electrons. The summed E-state index contributed by atoms with van der Waals surface area (Å²) in [6, 6.07) is 8.10. The number of benzene rings is 1. The van der Waals surface area contributed by atoms with Gasteiger partial charge in [0.25, 0.3) is 11.1 Å². The summed E-state index contributed by atoms with van der Waals surface area (Å²) in [6.07, 6.45) is 3.28. The van der Waals surface area contributed by atoms with Crippen LogP contribution < -0.4 is 16.4 Å². The van der Waals surface area contributed by atoms with Gasteiger partial charge in [-0.25, -0.2) is 4.39 Å². The lowest BCUT2D eigenvalue weighted by molar-refractivity contribution is 0.621. The summed E-state index contributed by atoms with van der Waals surface area (Å²) in [7, 11) is 0. The van der Waals surface area contributed by atoms with Crippen LogP contribution in [0.15, 0.2) is 40.1 Å². The van der Waals surface area contributed by atoms with E-state index in [-0.39, 0.29) is 5.39 Å². The number of hydrogen-bond donors (Lipinski definition) is 2. The molecule has 0 amide bonds. The molecule has 2 N–H and O–H groups in total. The van der Waals surface area contributed by atoms with Gasteiger partial charge in [-0.05, 0) is 60.1 Å². The van der Waals surface area contributed by atoms with E-state index in [1.54, 1.807) is 6.07 Å². The van der Waals surface area contributed by atoms with Crippen LogP contribution >= 0.6 is 11.5 Å². The average Bonchev–Trinajstić information content (AvgIpc) is 3.38. The van der Waals surface area contributed by atoms with E-state index in [4.69, 9.17) is 0 Å². The van der Waals surface area contributed by atoms with Crippen molar-refractivity contribution in [2.45, 2.75) is 38.3 Å². The number of H-pyrrole nitrogens is 1. The molecular weight excluding hydrogens is 389 g/mol. The van der Waals surface area contributed by atoms with Crippen LogP contribution in [0.2, 0.25) is 0 Å². The molecule has 29 heavy (non-hydrogen) atoms. The van der Waals surface area contributed by atoms with E-state index in [2.05, 4.69) is 16.6 Å². The van der Waals surface area contributed by atoms with Gasteiger partial charge in [-0.2, -0.15) is 0 Å². The number of pyridine rings is 2. The molecule has 3 aromatic heterocycles. The maximum absolute atomic E-state index is 15.1. The maximum atomic E-state index is 15.1. The van der Waals surface area contributed by atoms with Crippen molar-refractivity contribution >= 4 is 27.1 Å². The number of aromatic amines is 1. The van der Waals surface area contributed by atoms with E-state index >= 15 is 4.39 Å². The molecule has 0 spiro atoms. The minimum absolute atomic E-state index is 0.138. The standard InChI is InChI=1S/C22H18FN3O2S/c1-10-14-5-4-12(6-13(14)8-24-10)15-7-17-18(11-2-3-11)20-19(21(27)25-29-20)22(28)26(17)9-16(15)23/h4-7,9-11,24H,2-3,8H2,1H3,(H,25,27). The second-order valence-electron chi connectivity index (χ2n) is 8.04. The highest BCUT2D eigenvalue weighted by atomic mass is 32.1. The number of nitrogens with one attached hydrogen (secondary N) is 2. The van der Waals surface area contributed by atoms with Gasteiger partial charge >= 0.3 is 0 Å². The Morgan fingerprint density at radius 2 is 2.03 bits per heavy atom. The summed E-state index contributed by atoms with van der Waals surface area (Å²) < 4.78 is 19.8. The Kier molecular flexibility index (Phi) is 3.47. The molecule has 1 saturated carbocycles. The van der Waals surface area contributed by atoms with E-state index in [1.807, 2.05) is 18.2 Å². The smallest absolute Gasteiger partial charge is 0.271 e. The van der Waals surface area contributed by atoms with E-state index in [1.165, 1.54) is 33.3 Å². The Hall–Kier alpha value is -2.77. The number of halogens is 1. The van der Waals surface area contributed by atoms with Gasteiger partial charge in [0, 0.05) is 24.3 Å². The summed E-state index contributed by atoms with van der Waals surface area (Å²) in [5.74, 6) is -0.158. The Balaban J connectivity index is 1.67. The first-order chi connectivity index (χ1) is 14.0. The number of aromatic nitrogens is 2. The van der Waals surface area contributed by atoms with Gasteiger partial charge in [-0.3, -0.25) is 18.4 Å². The Labute approximate surface area is 169 Å². The highest BCUT2D eigenvalue weighted by Gasteiger charge is 2.31. The van der Waals surface area contributed by atoms with Crippen molar-refractivity contribution < 1.29 is 4.39 Å². The predicted octanol–water partition coefficient (Wildman–Crippen LogP) is 4.05. The molecule has 1 aliphatic heterocycles. The van der Waals surface area contributed by atoms with Crippen LogP contribution in [0.25, 0.3) is 26.7 Å². The Morgan fingerprint density at radius 3 is 2.83 bits per heavy atom. The summed E-state index contributed by atoms with van der Waals surface area (Å²) in [4.78, 5) is 25.1. The molecule has 0 bridgehead atoms. The van der Waals surface area contributed by atoms with Crippen LogP contribution in [-0.4, -0.2) is 8.77 Å². The van der Waals surface area contributed by atoms with Crippen molar-refractivity contribution in [2.75, 3.05) is 0 Å². The molecule has 0 radical (unpaired) electrons. The zero-order valence-corrected chi connectivity index (χ0v) is 16.5. The molecule has 4 heterocycles. The van der Waals surface area contributed by atoms with Crippen LogP contribution in [0.1, 0.15) is 48.4 Å². The van der Waals surface area contributed by atoms with Crippen molar-refractivity contribution in [1.29, 1.82) is 0 Å². The summed E-state index contributed by atoms with van der Waals surface area (Å²) >= 11 is 1.21. The van der Waals surface area contributed by atoms with Crippen molar-refractivity contribution in [3.05, 3.63) is 73.7 Å². The third kappa shape index (κ3) is 2.41. The van der Waals surface area contributed by atoms with Crippen LogP contribution in [0, 0.1) is 5.82 Å². The van der Waals surface area contributed by atoms with Crippen molar-refractivity contribution in [2.24, 2.45) is 0 Å². The molecule has 1 aliphatic carbocycles. The van der Waals surface area contributed by atoms with Crippen LogP contribution in [-0.2, 0) is 6.54 Å². The Morgan fingerprint density at radius 1 is 1.21 bits per heavy atom. The van der Waals surface area contributed by atoms with Crippen LogP contribution in [0.3, 0.4) is 0 Å². The van der Waals surface area contributed by atoms with E-state index in [0.29, 0.717) is 27.7 Å². The van der Waals surface area contributed by atoms with Crippen molar-refractivity contribution in [1.82, 2.24) is 14.1 Å². The molecule has 4 aromatic rings. The van der Waals surface area contributed by atoms with Gasteiger partial charge in [0.2, 0.25) is 0 Å². The van der Waals surface area contributed by atoms with Gasteiger partial charge in [0.15, 0.2) is 0 Å². The van der Waals surface area contributed by atoms with Crippen molar-refractivity contribution in [3.63, 3.8) is 0 Å². The number of rotatable bonds is 2. The number of hydrogen-bond acceptors (Lipinski definition) is 4. The Bertz CT molecular complexity index is 1440. The first kappa shape index (κ1) is 17.1. The second-order valence-corrected chi connectivity index (χ2v) is 8.85. The normalized spacial score (nSPS) is 18.6. The van der Waals surface area contributed by atoms with Crippen LogP contribution in [0.4, 0.5) is 4.39 Å². The topological polar surface area (TPSA) is 66.4 Å². The fourth-order valence-corrected chi connectivity index (χ4v) is 5.50. The van der Waals surface area contributed by atoms with Crippen molar-refractivity contribution in [3.8, 4) is 11.1 Å². The van der Waals surface area contributed by atoms with Gasteiger partial charge in [0.1, 0.15) is 11.2 Å². The lowest BCUT2D eigenvalue weighted by atomic mass is 9.97. The molecule has 1 aromatic carbocycles. The van der Waals surface area contributed by atoms with E-state index in [9.17, 15) is 9.59 Å². The molecule has 1 atom stereocenters. The average molecular weight is 407 g/mol. The van der Waals surface area contributed by atoms with Gasteiger partial charge < -0.3 is 5.32 Å². The maximum Gasteiger partial charge on any atom is 0.271 e. The first-order valence-electron chi connectivity index (χ1n) is 9.78. The molecule has 7 heteroatoms. The van der Waals surface area contributed by atoms with Gasteiger partial charge in [0.05, 0.1) is 10.2 Å². The molecule has 0 saturated heterocycles. The van der Waals surface area contributed by atoms with Gasteiger partial charge in [-0.15, -0.1) is 0 Å². The quantitative estimate of drug-likeness (QED) is 0.527. The lowest BCUT2D eigenvalue weighted by Crippen LogP contribution is -2.20. The predicted molar refractivity (Wildman–Crippen MR) is 112 cm³/mol. The minimum Gasteiger partial charge on any atom is -0.306 e. The minimum atomic E-state index is -0.466. The third-order valence-electron chi connectivity index (χ3n) is 6.20. The largest absolute Gasteiger partial charge is 0.306 e. The highest BCUT2D eigenvalue weighted by molar-refractivity contribution is 7.13. The summed E-state index contributed by atoms with van der Waals surface area (Å²) in [5, 5.41) is 3.54. The third-order valence-corrected chi connectivity index (χ3v) is 7.11. The lowest BCUT2D eigenvalue weighted by Gasteiger charge is -2.13. The molecule has 1 fully saturated rings. The number of nitrogens with zero attached hydrogens (tertiary/aromatic N) is 1. The van der Waals surface area contributed by atoms with Crippen LogP contribution in [0.5, 0.6) is 0 Å². The number of fused-ring (bicyclic) bond motifs is 3. The zero-order valence-electron chi connectivity index (χ0n) is 15.7. The van der Waals surface area contributed by atoms with E-state index in [0.717, 1.165) is 30.5 Å². The first-order valence-corrected chi connectivity index (χ1v) is 10.6. The summed E-state index contributed by atoms with van der Waals surface area (Å²) in [5.41, 5.74) is 4.53. The fraction of sp³-hybridized carbons (Fsp3) is 0.273. The van der Waals surface area contributed by atoms with E-state index < -0.39 is 16.9 Å². The van der Waals surface area contributed by atoms with Gasteiger partial charge in [-0.1, -0.05) is 23.7 Å². The summed E-state index contributed by atoms with van der Waals surface area (Å²) in [6.45, 7) is 2.88. The molecule has 5 nitrogen and oxygen atoms in total. The fourth-order valence-electron chi connectivity index (χ4n) is 4.54. The molecular formula is C22H18FN3O2S. The monoisotopic (exact) mass is 407 g/mol. The molecule has 6 rings (SSSR count). The SMILES string of the molecule is CC1NCc2cc(-c3cc4c(C5CC5)c5s[nH]c(=O)c5c(=O)n4cc3F)ccc21. The second kappa shape index (κ2) is 5.87.